The molecule has 1 heterocycles. The van der Waals surface area contributed by atoms with Gasteiger partial charge in [-0.25, -0.2) is 0 Å². The Hall–Kier alpha value is -2.34. The highest BCUT2D eigenvalue weighted by molar-refractivity contribution is 6.02. The van der Waals surface area contributed by atoms with Gasteiger partial charge in [-0.3, -0.25) is 9.59 Å². The molecule has 6 nitrogen and oxygen atoms in total. The van der Waals surface area contributed by atoms with Crippen molar-refractivity contribution in [2.75, 3.05) is 32.1 Å². The minimum atomic E-state index is -0.368. The molecule has 0 aliphatic carbocycles. The molecule has 1 aromatic rings. The van der Waals surface area contributed by atoms with Crippen molar-refractivity contribution in [3.8, 4) is 5.75 Å². The molecule has 0 radical (unpaired) electrons. The van der Waals surface area contributed by atoms with Gasteiger partial charge in [-0.05, 0) is 43.0 Å². The zero-order chi connectivity index (χ0) is 16.8. The van der Waals surface area contributed by atoms with Crippen LogP contribution in [0.15, 0.2) is 30.9 Å². The van der Waals surface area contributed by atoms with Gasteiger partial charge in [0, 0.05) is 25.9 Å². The molecule has 0 bridgehead atoms. The quantitative estimate of drug-likeness (QED) is 0.643. The molecule has 2 amide bonds. The van der Waals surface area contributed by atoms with E-state index >= 15 is 0 Å². The highest BCUT2D eigenvalue weighted by atomic mass is 16.5. The molecule has 23 heavy (non-hydrogen) atoms. The Morgan fingerprint density at radius 2 is 2.30 bits per heavy atom. The van der Waals surface area contributed by atoms with Crippen molar-refractivity contribution >= 4 is 17.5 Å². The third-order valence-electron chi connectivity index (χ3n) is 3.89. The largest absolute Gasteiger partial charge is 0.507 e. The first-order valence-electron chi connectivity index (χ1n) is 7.59. The van der Waals surface area contributed by atoms with Crippen LogP contribution in [0.3, 0.4) is 0 Å². The summed E-state index contributed by atoms with van der Waals surface area (Å²) in [7, 11) is 1.65. The van der Waals surface area contributed by atoms with Crippen LogP contribution in [0, 0.1) is 5.92 Å². The van der Waals surface area contributed by atoms with Gasteiger partial charge in [-0.2, -0.15) is 0 Å². The fourth-order valence-electron chi connectivity index (χ4n) is 2.77. The van der Waals surface area contributed by atoms with Crippen molar-refractivity contribution in [3.63, 3.8) is 0 Å². The van der Waals surface area contributed by atoms with E-state index in [9.17, 15) is 14.7 Å². The van der Waals surface area contributed by atoms with Gasteiger partial charge in [0.25, 0.3) is 5.91 Å². The summed E-state index contributed by atoms with van der Waals surface area (Å²) in [6.07, 6.45) is 3.08. The monoisotopic (exact) mass is 318 g/mol. The zero-order valence-electron chi connectivity index (χ0n) is 13.2. The second kappa shape index (κ2) is 7.78. The first-order chi connectivity index (χ1) is 11.0. The molecule has 0 saturated carbocycles. The molecule has 1 aliphatic heterocycles. The van der Waals surface area contributed by atoms with Crippen molar-refractivity contribution in [2.24, 2.45) is 5.92 Å². The Kier molecular flexibility index (Phi) is 5.76. The molecule has 1 aliphatic rings. The maximum atomic E-state index is 12.7. The normalized spacial score (nSPS) is 17.6. The van der Waals surface area contributed by atoms with Crippen molar-refractivity contribution in [3.05, 3.63) is 36.4 Å². The van der Waals surface area contributed by atoms with E-state index in [0.29, 0.717) is 31.3 Å². The lowest BCUT2D eigenvalue weighted by Gasteiger charge is -2.32. The lowest BCUT2D eigenvalue weighted by Crippen LogP contribution is -2.41. The van der Waals surface area contributed by atoms with E-state index in [2.05, 4.69) is 11.9 Å². The SMILES string of the molecule is C=CC(=O)Nc1ccc(O)c(C(=O)N2CCCC(COC)C2)c1. The van der Waals surface area contributed by atoms with Crippen LogP contribution in [0.2, 0.25) is 0 Å². The van der Waals surface area contributed by atoms with E-state index in [1.54, 1.807) is 12.0 Å². The Morgan fingerprint density at radius 1 is 1.52 bits per heavy atom. The number of ether oxygens (including phenoxy) is 1. The highest BCUT2D eigenvalue weighted by Gasteiger charge is 2.26. The lowest BCUT2D eigenvalue weighted by molar-refractivity contribution is -0.111. The maximum Gasteiger partial charge on any atom is 0.257 e. The van der Waals surface area contributed by atoms with E-state index in [-0.39, 0.29) is 23.1 Å². The predicted octanol–water partition coefficient (Wildman–Crippen LogP) is 2.02. The maximum absolute atomic E-state index is 12.7. The lowest BCUT2D eigenvalue weighted by atomic mass is 9.98. The summed E-state index contributed by atoms with van der Waals surface area (Å²) in [6, 6.07) is 4.43. The molecule has 6 heteroatoms. The number of rotatable bonds is 5. The first kappa shape index (κ1) is 17.0. The third kappa shape index (κ3) is 4.32. The predicted molar refractivity (Wildman–Crippen MR) is 87.4 cm³/mol. The first-order valence-corrected chi connectivity index (χ1v) is 7.59. The molecule has 1 saturated heterocycles. The number of amides is 2. The standard InChI is InChI=1S/C17H22N2O4/c1-3-16(21)18-13-6-7-15(20)14(9-13)17(22)19-8-4-5-12(10-19)11-23-2/h3,6-7,9,12,20H,1,4-5,8,10-11H2,2H3,(H,18,21). The van der Waals surface area contributed by atoms with Gasteiger partial charge < -0.3 is 20.1 Å². The van der Waals surface area contributed by atoms with Crippen LogP contribution in [0.25, 0.3) is 0 Å². The number of carbonyl (C=O) groups is 2. The van der Waals surface area contributed by atoms with Gasteiger partial charge in [-0.15, -0.1) is 0 Å². The molecular weight excluding hydrogens is 296 g/mol. The van der Waals surface area contributed by atoms with Crippen molar-refractivity contribution < 1.29 is 19.4 Å². The molecular formula is C17H22N2O4. The average Bonchev–Trinajstić information content (AvgIpc) is 2.56. The molecule has 0 aromatic heterocycles. The van der Waals surface area contributed by atoms with E-state index in [1.165, 1.54) is 18.2 Å². The molecule has 2 N–H and O–H groups in total. The summed E-state index contributed by atoms with van der Waals surface area (Å²) in [5, 5.41) is 12.6. The number of aromatic hydroxyl groups is 1. The second-order valence-electron chi connectivity index (χ2n) is 5.64. The molecule has 1 fully saturated rings. The number of nitrogens with one attached hydrogen (secondary N) is 1. The molecule has 1 unspecified atom stereocenters. The van der Waals surface area contributed by atoms with Gasteiger partial charge >= 0.3 is 0 Å². The number of hydrogen-bond acceptors (Lipinski definition) is 4. The second-order valence-corrected chi connectivity index (χ2v) is 5.64. The Bertz CT molecular complexity index is 598. The number of benzene rings is 1. The molecule has 124 valence electrons. The summed E-state index contributed by atoms with van der Waals surface area (Å²) in [5.74, 6) is -0.394. The van der Waals surface area contributed by atoms with Crippen molar-refractivity contribution in [1.29, 1.82) is 0 Å². The van der Waals surface area contributed by atoms with Gasteiger partial charge in [0.2, 0.25) is 5.91 Å². The van der Waals surface area contributed by atoms with Crippen LogP contribution in [0.1, 0.15) is 23.2 Å². The third-order valence-corrected chi connectivity index (χ3v) is 3.89. The zero-order valence-corrected chi connectivity index (χ0v) is 13.2. The van der Waals surface area contributed by atoms with E-state index in [1.807, 2.05) is 0 Å². The smallest absolute Gasteiger partial charge is 0.257 e. The fourth-order valence-corrected chi connectivity index (χ4v) is 2.77. The number of methoxy groups -OCH3 is 1. The van der Waals surface area contributed by atoms with E-state index < -0.39 is 0 Å². The van der Waals surface area contributed by atoms with Crippen LogP contribution in [-0.2, 0) is 9.53 Å². The summed E-state index contributed by atoms with van der Waals surface area (Å²) >= 11 is 0. The number of nitrogens with zero attached hydrogens (tertiary/aromatic N) is 1. The van der Waals surface area contributed by atoms with E-state index in [4.69, 9.17) is 4.74 Å². The van der Waals surface area contributed by atoms with Gasteiger partial charge in [0.05, 0.1) is 12.2 Å². The van der Waals surface area contributed by atoms with Crippen molar-refractivity contribution in [2.45, 2.75) is 12.8 Å². The topological polar surface area (TPSA) is 78.9 Å². The van der Waals surface area contributed by atoms with Crippen LogP contribution < -0.4 is 5.32 Å². The summed E-state index contributed by atoms with van der Waals surface area (Å²) in [5.41, 5.74) is 0.631. The number of hydrogen-bond donors (Lipinski definition) is 2. The van der Waals surface area contributed by atoms with Crippen LogP contribution in [0.5, 0.6) is 5.75 Å². The fraction of sp³-hybridized carbons (Fsp3) is 0.412. The summed E-state index contributed by atoms with van der Waals surface area (Å²) in [6.45, 7) is 5.26. The number of likely N-dealkylation sites (tertiary alicyclic amines) is 1. The number of phenolic OH excluding ortho intramolecular Hbond substituents is 1. The molecule has 2 rings (SSSR count). The van der Waals surface area contributed by atoms with Gasteiger partial charge in [-0.1, -0.05) is 6.58 Å². The minimum Gasteiger partial charge on any atom is -0.507 e. The Morgan fingerprint density at radius 3 is 3.00 bits per heavy atom. The molecule has 1 aromatic carbocycles. The Labute approximate surface area is 135 Å². The number of carbonyl (C=O) groups excluding carboxylic acids is 2. The van der Waals surface area contributed by atoms with Crippen LogP contribution in [0.4, 0.5) is 5.69 Å². The summed E-state index contributed by atoms with van der Waals surface area (Å²) in [4.78, 5) is 25.8. The highest BCUT2D eigenvalue weighted by Crippen LogP contribution is 2.25. The van der Waals surface area contributed by atoms with Crippen LogP contribution in [-0.4, -0.2) is 48.6 Å². The van der Waals surface area contributed by atoms with Crippen molar-refractivity contribution in [1.82, 2.24) is 4.90 Å². The average molecular weight is 318 g/mol. The Balaban J connectivity index is 2.16. The number of piperidine rings is 1. The minimum absolute atomic E-state index is 0.0968. The molecule has 0 spiro atoms. The van der Waals surface area contributed by atoms with Gasteiger partial charge in [0.15, 0.2) is 0 Å². The number of anilines is 1. The summed E-state index contributed by atoms with van der Waals surface area (Å²) < 4.78 is 5.17. The van der Waals surface area contributed by atoms with E-state index in [0.717, 1.165) is 18.9 Å². The van der Waals surface area contributed by atoms with Crippen LogP contribution >= 0.6 is 0 Å². The number of phenols is 1. The van der Waals surface area contributed by atoms with Gasteiger partial charge in [0.1, 0.15) is 5.75 Å². The molecule has 1 atom stereocenters.